The topological polar surface area (TPSA) is 15.3 Å². The molecular formula is C56H50N4. The van der Waals surface area contributed by atoms with E-state index in [1.54, 1.807) is 0 Å². The van der Waals surface area contributed by atoms with Crippen molar-refractivity contribution in [3.8, 4) is 11.8 Å². The maximum absolute atomic E-state index is 3.64. The van der Waals surface area contributed by atoms with Crippen LogP contribution >= 0.6 is 0 Å². The summed E-state index contributed by atoms with van der Waals surface area (Å²) in [4.78, 5) is 5.13. The number of benzene rings is 6. The molecule has 0 spiro atoms. The van der Waals surface area contributed by atoms with Gasteiger partial charge in [0, 0.05) is 33.7 Å². The Labute approximate surface area is 352 Å². The first-order valence-corrected chi connectivity index (χ1v) is 21.7. The number of anilines is 4. The number of hydrogen-bond acceptors (Lipinski definition) is 2. The number of nitrogens with zero attached hydrogens (tertiary/aromatic N) is 4. The minimum absolute atomic E-state index is 0.438. The van der Waals surface area contributed by atoms with Gasteiger partial charge in [0.1, 0.15) is 0 Å². The van der Waals surface area contributed by atoms with Crippen molar-refractivity contribution in [3.05, 3.63) is 166 Å². The van der Waals surface area contributed by atoms with Crippen LogP contribution < -0.4 is 9.80 Å². The summed E-state index contributed by atoms with van der Waals surface area (Å²) in [7, 11) is 0. The summed E-state index contributed by atoms with van der Waals surface area (Å²) in [5.41, 5.74) is 22.3. The number of allylic oxidation sites excluding steroid dienone is 6. The molecule has 2 aliphatic rings. The second-order valence-corrected chi connectivity index (χ2v) is 17.4. The molecule has 0 saturated carbocycles. The minimum atomic E-state index is 0.438. The highest BCUT2D eigenvalue weighted by Gasteiger charge is 2.32. The quantitative estimate of drug-likeness (QED) is 0.123. The van der Waals surface area contributed by atoms with Gasteiger partial charge in [-0.2, -0.15) is 0 Å². The smallest absolute Gasteiger partial charge is 0.0999 e. The molecule has 4 heteroatoms. The zero-order valence-electron chi connectivity index (χ0n) is 35.7. The highest BCUT2D eigenvalue weighted by atomic mass is 15.2. The molecule has 0 amide bonds. The maximum atomic E-state index is 3.64. The van der Waals surface area contributed by atoms with Gasteiger partial charge >= 0.3 is 0 Å². The number of hydrogen-bond donors (Lipinski definition) is 0. The van der Waals surface area contributed by atoms with Gasteiger partial charge in [-0.25, -0.2) is 0 Å². The van der Waals surface area contributed by atoms with Crippen LogP contribution in [0.2, 0.25) is 0 Å². The van der Waals surface area contributed by atoms with Gasteiger partial charge in [-0.05, 0) is 137 Å². The Kier molecular flexibility index (Phi) is 8.30. The highest BCUT2D eigenvalue weighted by Crippen LogP contribution is 2.51. The first kappa shape index (κ1) is 36.4. The molecule has 9 aromatic rings. The van der Waals surface area contributed by atoms with Crippen molar-refractivity contribution in [3.63, 3.8) is 0 Å². The summed E-state index contributed by atoms with van der Waals surface area (Å²) in [6.45, 7) is 16.0. The zero-order chi connectivity index (χ0) is 41.0. The maximum Gasteiger partial charge on any atom is 0.0999 e. The van der Waals surface area contributed by atoms with Crippen molar-refractivity contribution in [1.82, 2.24) is 8.80 Å². The third-order valence-corrected chi connectivity index (χ3v) is 13.6. The second-order valence-electron chi connectivity index (χ2n) is 17.4. The molecule has 2 aliphatic carbocycles. The van der Waals surface area contributed by atoms with Crippen LogP contribution in [0.3, 0.4) is 0 Å². The van der Waals surface area contributed by atoms with E-state index in [9.17, 15) is 0 Å². The summed E-state index contributed by atoms with van der Waals surface area (Å²) in [6.07, 6.45) is 8.71. The monoisotopic (exact) mass is 778 g/mol. The molecule has 0 radical (unpaired) electrons. The Bertz CT molecular complexity index is 3380. The Morgan fingerprint density at radius 2 is 1.08 bits per heavy atom. The van der Waals surface area contributed by atoms with E-state index in [0.717, 1.165) is 29.8 Å². The molecule has 0 aliphatic heterocycles. The Balaban J connectivity index is 1.32. The van der Waals surface area contributed by atoms with Crippen LogP contribution in [0.1, 0.15) is 68.7 Å². The molecule has 0 fully saturated rings. The van der Waals surface area contributed by atoms with Crippen molar-refractivity contribution in [1.29, 1.82) is 0 Å². The third-order valence-electron chi connectivity index (χ3n) is 13.6. The SMILES string of the molecule is CC1=C(N(c2c(C)cccc2C)c2ccc3c4c2c2ccccc2n4c2ccc(N(C4=C(C)CCCC4C)c4c(C)cccc4C)c4c5ccccc5n3c42)C#CCC=C1. The van der Waals surface area contributed by atoms with Crippen molar-refractivity contribution in [2.75, 3.05) is 9.80 Å². The van der Waals surface area contributed by atoms with Gasteiger partial charge in [-0.3, -0.25) is 0 Å². The van der Waals surface area contributed by atoms with E-state index in [0.29, 0.717) is 5.92 Å². The van der Waals surface area contributed by atoms with Crippen LogP contribution in [0.15, 0.2) is 144 Å². The van der Waals surface area contributed by atoms with E-state index in [2.05, 4.69) is 200 Å². The average molecular weight is 779 g/mol. The molecule has 60 heavy (non-hydrogen) atoms. The normalized spacial score (nSPS) is 15.9. The predicted molar refractivity (Wildman–Crippen MR) is 256 cm³/mol. The van der Waals surface area contributed by atoms with Gasteiger partial charge in [0.2, 0.25) is 0 Å². The summed E-state index contributed by atoms with van der Waals surface area (Å²) in [6, 6.07) is 41.1. The summed E-state index contributed by atoms with van der Waals surface area (Å²) >= 11 is 0. The lowest BCUT2D eigenvalue weighted by Gasteiger charge is -2.38. The number of aromatic nitrogens is 2. The predicted octanol–water partition coefficient (Wildman–Crippen LogP) is 15.1. The number of aryl methyl sites for hydroxylation is 4. The van der Waals surface area contributed by atoms with E-state index in [4.69, 9.17) is 0 Å². The lowest BCUT2D eigenvalue weighted by Crippen LogP contribution is -2.26. The molecule has 0 N–H and O–H groups in total. The average Bonchev–Trinajstić information content (AvgIpc) is 3.69. The Hall–Kier alpha value is -6.70. The molecule has 3 aromatic heterocycles. The van der Waals surface area contributed by atoms with Crippen LogP contribution in [0.4, 0.5) is 22.7 Å². The van der Waals surface area contributed by atoms with Gasteiger partial charge in [-0.1, -0.05) is 103 Å². The third kappa shape index (κ3) is 5.11. The molecule has 0 bridgehead atoms. The number of rotatable bonds is 6. The highest BCUT2D eigenvalue weighted by molar-refractivity contribution is 6.27. The standard InChI is InChI=1S/C56H50N4/c1-34-18-9-8-10-27-43(34)57(52-35(2)19-15-20-36(52)3)46-30-32-48-55-50(46)41-25-11-13-28-44(41)58(55)49-33-31-47(51-42-26-12-14-29-45(42)59(48)56(49)51)60(53-37(4)21-16-22-38(53)5)54-39(6)23-17-24-40(54)7/h9,11-16,18-22,25-26,28-33,39H,8,17,23-24H2,1-7H3. The summed E-state index contributed by atoms with van der Waals surface area (Å²) < 4.78 is 5.14. The number of fused-ring (bicyclic) bond motifs is 8. The zero-order valence-corrected chi connectivity index (χ0v) is 35.7. The van der Waals surface area contributed by atoms with Crippen molar-refractivity contribution in [2.24, 2.45) is 5.92 Å². The second kappa shape index (κ2) is 13.7. The fourth-order valence-electron chi connectivity index (χ4n) is 11.0. The lowest BCUT2D eigenvalue weighted by atomic mass is 9.86. The molecule has 294 valence electrons. The van der Waals surface area contributed by atoms with Crippen LogP contribution in [0, 0.1) is 45.5 Å². The number of para-hydroxylation sites is 4. The van der Waals surface area contributed by atoms with E-state index in [1.165, 1.54) is 118 Å². The van der Waals surface area contributed by atoms with Gasteiger partial charge in [0.05, 0.1) is 61.5 Å². The van der Waals surface area contributed by atoms with E-state index >= 15 is 0 Å². The van der Waals surface area contributed by atoms with E-state index < -0.39 is 0 Å². The van der Waals surface area contributed by atoms with Crippen LogP contribution in [-0.2, 0) is 0 Å². The first-order valence-electron chi connectivity index (χ1n) is 21.7. The van der Waals surface area contributed by atoms with E-state index in [1.807, 2.05) is 0 Å². The lowest BCUT2D eigenvalue weighted by molar-refractivity contribution is 0.526. The van der Waals surface area contributed by atoms with Gasteiger partial charge < -0.3 is 18.6 Å². The van der Waals surface area contributed by atoms with Gasteiger partial charge in [0.15, 0.2) is 0 Å². The Morgan fingerprint density at radius 1 is 0.567 bits per heavy atom. The fourth-order valence-corrected chi connectivity index (χ4v) is 11.0. The Morgan fingerprint density at radius 3 is 1.63 bits per heavy atom. The molecule has 1 atom stereocenters. The molecular weight excluding hydrogens is 729 g/mol. The molecule has 1 unspecified atom stereocenters. The van der Waals surface area contributed by atoms with E-state index in [-0.39, 0.29) is 0 Å². The van der Waals surface area contributed by atoms with Crippen LogP contribution in [-0.4, -0.2) is 8.80 Å². The van der Waals surface area contributed by atoms with Crippen LogP contribution in [0.5, 0.6) is 0 Å². The van der Waals surface area contributed by atoms with Gasteiger partial charge in [0.25, 0.3) is 0 Å². The van der Waals surface area contributed by atoms with Gasteiger partial charge in [-0.15, -0.1) is 0 Å². The van der Waals surface area contributed by atoms with Crippen molar-refractivity contribution < 1.29 is 0 Å². The molecule has 6 aromatic carbocycles. The van der Waals surface area contributed by atoms with Crippen molar-refractivity contribution in [2.45, 2.75) is 74.1 Å². The molecule has 4 nitrogen and oxygen atoms in total. The molecule has 11 rings (SSSR count). The molecule has 0 saturated heterocycles. The largest absolute Gasteiger partial charge is 0.313 e. The summed E-state index contributed by atoms with van der Waals surface area (Å²) in [5, 5.41) is 5.03. The fraction of sp³-hybridized carbons (Fsp3) is 0.214. The van der Waals surface area contributed by atoms with Crippen molar-refractivity contribution >= 4 is 77.4 Å². The minimum Gasteiger partial charge on any atom is -0.313 e. The first-order chi connectivity index (χ1) is 29.2. The molecule has 3 heterocycles. The summed E-state index contributed by atoms with van der Waals surface area (Å²) in [5.74, 6) is 7.54. The van der Waals surface area contributed by atoms with Crippen LogP contribution in [0.25, 0.3) is 54.6 Å².